The molecule has 1 atom stereocenters. The van der Waals surface area contributed by atoms with Crippen molar-refractivity contribution in [2.45, 2.75) is 38.5 Å². The molecule has 0 fully saturated rings. The van der Waals surface area contributed by atoms with Gasteiger partial charge in [-0.1, -0.05) is 0 Å². The van der Waals surface area contributed by atoms with Crippen molar-refractivity contribution >= 4 is 28.3 Å². The van der Waals surface area contributed by atoms with Gasteiger partial charge in [-0.25, -0.2) is 9.37 Å². The van der Waals surface area contributed by atoms with Crippen LogP contribution in [0.1, 0.15) is 47.2 Å². The van der Waals surface area contributed by atoms with E-state index in [9.17, 15) is 18.0 Å². The first-order chi connectivity index (χ1) is 14.1. The summed E-state index contributed by atoms with van der Waals surface area (Å²) in [6.45, 7) is 1.66. The number of imidazole rings is 1. The highest BCUT2D eigenvalue weighted by Crippen LogP contribution is 2.43. The lowest BCUT2D eigenvalue weighted by Gasteiger charge is -2.36. The number of thiophene rings is 1. The smallest absolute Gasteiger partial charge is 0.320 e. The van der Waals surface area contributed by atoms with Crippen molar-refractivity contribution in [1.82, 2.24) is 14.9 Å². The minimum Gasteiger partial charge on any atom is -0.377 e. The molecule has 3 N–H and O–H groups in total. The molecule has 30 heavy (non-hydrogen) atoms. The van der Waals surface area contributed by atoms with Gasteiger partial charge in [0.25, 0.3) is 5.91 Å². The Morgan fingerprint density at radius 2 is 2.13 bits per heavy atom. The van der Waals surface area contributed by atoms with E-state index in [4.69, 9.17) is 10.5 Å². The normalized spacial score (nSPS) is 17.0. The number of nitrogens with zero attached hydrogens (tertiary/aromatic N) is 2. The molecule has 2 aromatic heterocycles. The third kappa shape index (κ3) is 3.28. The zero-order valence-electron chi connectivity index (χ0n) is 16.6. The number of amides is 1. The van der Waals surface area contributed by atoms with Crippen LogP contribution in [-0.4, -0.2) is 34.7 Å². The van der Waals surface area contributed by atoms with Gasteiger partial charge in [0.15, 0.2) is 5.82 Å². The van der Waals surface area contributed by atoms with Gasteiger partial charge in [0.2, 0.25) is 0 Å². The van der Waals surface area contributed by atoms with Crippen LogP contribution in [0.3, 0.4) is 0 Å². The van der Waals surface area contributed by atoms with Crippen LogP contribution in [0.15, 0.2) is 18.2 Å². The largest absolute Gasteiger partial charge is 0.377 e. The molecule has 160 valence electrons. The number of rotatable bonds is 5. The van der Waals surface area contributed by atoms with Gasteiger partial charge in [-0.15, -0.1) is 11.3 Å². The first kappa shape index (κ1) is 20.8. The zero-order chi connectivity index (χ0) is 21.8. The van der Waals surface area contributed by atoms with Crippen molar-refractivity contribution < 1.29 is 22.7 Å². The molecule has 1 aromatic carbocycles. The number of benzene rings is 1. The van der Waals surface area contributed by atoms with Crippen LogP contribution in [0.5, 0.6) is 0 Å². The lowest BCUT2D eigenvalue weighted by molar-refractivity contribution is -0.0117. The molecule has 0 bridgehead atoms. The van der Waals surface area contributed by atoms with Gasteiger partial charge in [0, 0.05) is 18.1 Å². The number of aromatic nitrogens is 2. The molecule has 0 radical (unpaired) electrons. The summed E-state index contributed by atoms with van der Waals surface area (Å²) in [5.41, 5.74) is 5.39. The predicted molar refractivity (Wildman–Crippen MR) is 108 cm³/mol. The fourth-order valence-corrected chi connectivity index (χ4v) is 5.29. The van der Waals surface area contributed by atoms with Gasteiger partial charge in [0.1, 0.15) is 11.3 Å². The van der Waals surface area contributed by atoms with Gasteiger partial charge in [-0.3, -0.25) is 9.36 Å². The van der Waals surface area contributed by atoms with Crippen LogP contribution in [0, 0.1) is 5.82 Å². The minimum atomic E-state index is -2.98. The number of carbonyl (C=O) groups is 1. The van der Waals surface area contributed by atoms with Crippen LogP contribution in [-0.2, 0) is 11.2 Å². The summed E-state index contributed by atoms with van der Waals surface area (Å²) in [5, 5.41) is 3.43. The Kier molecular flexibility index (Phi) is 5.11. The van der Waals surface area contributed by atoms with Crippen molar-refractivity contribution in [3.8, 4) is 10.7 Å². The van der Waals surface area contributed by atoms with Crippen LogP contribution < -0.4 is 11.1 Å². The summed E-state index contributed by atoms with van der Waals surface area (Å²) in [6.07, 6.45) is 0.734. The molecule has 0 saturated heterocycles. The van der Waals surface area contributed by atoms with Gasteiger partial charge in [-0.2, -0.15) is 8.78 Å². The highest BCUT2D eigenvalue weighted by atomic mass is 32.1. The first-order valence-corrected chi connectivity index (χ1v) is 10.2. The van der Waals surface area contributed by atoms with Gasteiger partial charge < -0.3 is 15.8 Å². The number of primary amides is 1. The maximum atomic E-state index is 14.0. The zero-order valence-corrected chi connectivity index (χ0v) is 17.4. The molecular formula is C20H21F3N4O2S. The molecule has 1 aliphatic rings. The Labute approximate surface area is 174 Å². The molecule has 0 aliphatic carbocycles. The summed E-state index contributed by atoms with van der Waals surface area (Å²) in [4.78, 5) is 17.5. The number of hydrogen-bond donors (Lipinski definition) is 2. The monoisotopic (exact) mass is 438 g/mol. The third-order valence-electron chi connectivity index (χ3n) is 5.51. The number of carbonyl (C=O) groups excluding carboxylic acids is 1. The summed E-state index contributed by atoms with van der Waals surface area (Å²) < 4.78 is 48.3. The molecule has 4 rings (SSSR count). The van der Waals surface area contributed by atoms with E-state index in [2.05, 4.69) is 10.3 Å². The van der Waals surface area contributed by atoms with E-state index in [0.29, 0.717) is 9.44 Å². The van der Waals surface area contributed by atoms with E-state index in [0.717, 1.165) is 35.5 Å². The Balaban J connectivity index is 1.94. The highest BCUT2D eigenvalue weighted by Gasteiger charge is 2.36. The molecule has 6 nitrogen and oxygen atoms in total. The number of ether oxygens (including phenoxy) is 1. The fraction of sp³-hybridized carbons (Fsp3) is 0.400. The topological polar surface area (TPSA) is 82.2 Å². The molecule has 1 amide bonds. The molecular weight excluding hydrogens is 417 g/mol. The average Bonchev–Trinajstić information content (AvgIpc) is 3.27. The quantitative estimate of drug-likeness (QED) is 0.631. The molecule has 3 heterocycles. The highest BCUT2D eigenvalue weighted by molar-refractivity contribution is 7.15. The van der Waals surface area contributed by atoms with Crippen molar-refractivity contribution in [1.29, 1.82) is 0 Å². The second-order valence-corrected chi connectivity index (χ2v) is 8.80. The van der Waals surface area contributed by atoms with Gasteiger partial charge >= 0.3 is 6.55 Å². The maximum Gasteiger partial charge on any atom is 0.320 e. The standard InChI is InChI=1S/C20H21F3N4O2S/c1-20(2,29-3)16-15-9(4-5-25-16)6-13(30-15)18-26-14-11(17(24)28)7-10(21)8-12(14)27(18)19(22)23/h6-8,16,19,25H,4-5H2,1-3H3,(H2,24,28). The lowest BCUT2D eigenvalue weighted by atomic mass is 9.91. The Bertz CT molecular complexity index is 1140. The second kappa shape index (κ2) is 7.36. The van der Waals surface area contributed by atoms with Gasteiger partial charge in [0.05, 0.1) is 27.6 Å². The van der Waals surface area contributed by atoms with E-state index in [1.165, 1.54) is 11.3 Å². The van der Waals surface area contributed by atoms with Crippen LogP contribution in [0.2, 0.25) is 0 Å². The van der Waals surface area contributed by atoms with Crippen LogP contribution >= 0.6 is 11.3 Å². The number of methoxy groups -OCH3 is 1. The van der Waals surface area contributed by atoms with Gasteiger partial charge in [-0.05, 0) is 44.5 Å². The van der Waals surface area contributed by atoms with Crippen LogP contribution in [0.25, 0.3) is 21.7 Å². The summed E-state index contributed by atoms with van der Waals surface area (Å²) in [5.74, 6) is -1.79. The SMILES string of the molecule is COC(C)(C)C1NCCc2cc(-c3nc4c(C(N)=O)cc(F)cc4n3C(F)F)sc21. The Morgan fingerprint density at radius 3 is 2.77 bits per heavy atom. The summed E-state index contributed by atoms with van der Waals surface area (Å²) in [7, 11) is 1.63. The Hall–Kier alpha value is -2.43. The second-order valence-electron chi connectivity index (χ2n) is 7.71. The van der Waals surface area contributed by atoms with Crippen molar-refractivity contribution in [2.75, 3.05) is 13.7 Å². The van der Waals surface area contributed by atoms with E-state index >= 15 is 0 Å². The Morgan fingerprint density at radius 1 is 1.40 bits per heavy atom. The predicted octanol–water partition coefficient (Wildman–Crippen LogP) is 4.01. The molecule has 3 aromatic rings. The van der Waals surface area contributed by atoms with E-state index < -0.39 is 23.9 Å². The first-order valence-electron chi connectivity index (χ1n) is 9.35. The van der Waals surface area contributed by atoms with Crippen molar-refractivity contribution in [3.63, 3.8) is 0 Å². The molecule has 0 saturated carbocycles. The summed E-state index contributed by atoms with van der Waals surface area (Å²) in [6, 6.07) is 3.57. The number of fused-ring (bicyclic) bond motifs is 2. The van der Waals surface area contributed by atoms with Crippen LogP contribution in [0.4, 0.5) is 13.2 Å². The lowest BCUT2D eigenvalue weighted by Crippen LogP contribution is -2.43. The molecule has 10 heteroatoms. The van der Waals surface area contributed by atoms with Crippen molar-refractivity contribution in [3.05, 3.63) is 40.0 Å². The molecule has 0 spiro atoms. The van der Waals surface area contributed by atoms with E-state index in [-0.39, 0.29) is 28.5 Å². The number of alkyl halides is 2. The number of nitrogens with one attached hydrogen (secondary N) is 1. The van der Waals surface area contributed by atoms with Crippen molar-refractivity contribution in [2.24, 2.45) is 5.73 Å². The fourth-order valence-electron chi connectivity index (χ4n) is 3.84. The number of hydrogen-bond acceptors (Lipinski definition) is 5. The maximum absolute atomic E-state index is 14.0. The number of halogens is 3. The molecule has 1 unspecified atom stereocenters. The minimum absolute atomic E-state index is 0.0264. The average molecular weight is 438 g/mol. The van der Waals surface area contributed by atoms with E-state index in [1.54, 1.807) is 7.11 Å². The third-order valence-corrected chi connectivity index (χ3v) is 6.75. The molecule has 1 aliphatic heterocycles. The summed E-state index contributed by atoms with van der Waals surface area (Å²) >= 11 is 1.33. The van der Waals surface area contributed by atoms with E-state index in [1.807, 2.05) is 19.9 Å². The number of nitrogens with two attached hydrogens (primary N) is 1.